The molecule has 162 valence electrons. The predicted octanol–water partition coefficient (Wildman–Crippen LogP) is 4.96. The van der Waals surface area contributed by atoms with Crippen LogP contribution in [0.15, 0.2) is 59.7 Å². The van der Waals surface area contributed by atoms with Crippen LogP contribution in [0.1, 0.15) is 15.2 Å². The molecule has 4 aromatic rings. The molecule has 2 heterocycles. The minimum atomic E-state index is -0.443. The minimum absolute atomic E-state index is 0.257. The fourth-order valence-corrected chi connectivity index (χ4v) is 4.74. The number of aryl methyl sites for hydroxylation is 1. The number of hydrogen-bond acceptors (Lipinski definition) is 5. The van der Waals surface area contributed by atoms with Crippen molar-refractivity contribution in [1.82, 2.24) is 9.55 Å². The third kappa shape index (κ3) is 4.67. The molecule has 0 aliphatic rings. The summed E-state index contributed by atoms with van der Waals surface area (Å²) in [6.45, 7) is 1.44. The van der Waals surface area contributed by atoms with Gasteiger partial charge in [0.25, 0.3) is 11.5 Å². The summed E-state index contributed by atoms with van der Waals surface area (Å²) in [5, 5.41) is 6.54. The smallest absolute Gasteiger partial charge is 0.266 e. The van der Waals surface area contributed by atoms with E-state index >= 15 is 0 Å². The van der Waals surface area contributed by atoms with Crippen molar-refractivity contribution in [3.05, 3.63) is 85.7 Å². The SMILES string of the molecule is Cc1c(C(=O)Nc2ccccc2)sc2ncn(CC(=O)Nc3cc(Cl)cc(Cl)c3)c(=O)c12. The maximum Gasteiger partial charge on any atom is 0.266 e. The van der Waals surface area contributed by atoms with Crippen molar-refractivity contribution in [3.8, 4) is 0 Å². The van der Waals surface area contributed by atoms with Gasteiger partial charge in [-0.15, -0.1) is 11.3 Å². The van der Waals surface area contributed by atoms with Gasteiger partial charge in [0.15, 0.2) is 0 Å². The quantitative estimate of drug-likeness (QED) is 0.416. The summed E-state index contributed by atoms with van der Waals surface area (Å²) >= 11 is 13.0. The van der Waals surface area contributed by atoms with Crippen molar-refractivity contribution >= 4 is 67.9 Å². The molecule has 0 bridgehead atoms. The van der Waals surface area contributed by atoms with Crippen LogP contribution in [0, 0.1) is 6.92 Å². The molecular formula is C22H16Cl2N4O3S. The van der Waals surface area contributed by atoms with Crippen LogP contribution < -0.4 is 16.2 Å². The molecule has 32 heavy (non-hydrogen) atoms. The zero-order valence-electron chi connectivity index (χ0n) is 16.7. The second-order valence-electron chi connectivity index (χ2n) is 6.94. The molecule has 2 aromatic carbocycles. The third-order valence-electron chi connectivity index (χ3n) is 4.62. The fraction of sp³-hybridized carbons (Fsp3) is 0.0909. The molecule has 0 saturated carbocycles. The van der Waals surface area contributed by atoms with E-state index in [9.17, 15) is 14.4 Å². The summed E-state index contributed by atoms with van der Waals surface area (Å²) < 4.78 is 1.20. The van der Waals surface area contributed by atoms with E-state index in [0.29, 0.717) is 42.1 Å². The first-order valence-corrected chi connectivity index (χ1v) is 11.0. The molecule has 2 amide bonds. The number of para-hydroxylation sites is 1. The summed E-state index contributed by atoms with van der Waals surface area (Å²) in [4.78, 5) is 43.3. The van der Waals surface area contributed by atoms with Gasteiger partial charge in [-0.25, -0.2) is 4.98 Å². The van der Waals surface area contributed by atoms with E-state index < -0.39 is 11.5 Å². The summed E-state index contributed by atoms with van der Waals surface area (Å²) in [6.07, 6.45) is 1.30. The Kier molecular flexibility index (Phi) is 6.27. The normalized spacial score (nSPS) is 10.8. The third-order valence-corrected chi connectivity index (χ3v) is 6.25. The zero-order chi connectivity index (χ0) is 22.8. The van der Waals surface area contributed by atoms with Gasteiger partial charge in [0, 0.05) is 21.4 Å². The van der Waals surface area contributed by atoms with E-state index in [-0.39, 0.29) is 12.5 Å². The highest BCUT2D eigenvalue weighted by atomic mass is 35.5. The topological polar surface area (TPSA) is 93.1 Å². The Balaban J connectivity index is 1.58. The van der Waals surface area contributed by atoms with Crippen molar-refractivity contribution in [1.29, 1.82) is 0 Å². The lowest BCUT2D eigenvalue weighted by Crippen LogP contribution is -2.28. The average Bonchev–Trinajstić information content (AvgIpc) is 3.07. The lowest BCUT2D eigenvalue weighted by molar-refractivity contribution is -0.116. The molecule has 0 aliphatic heterocycles. The van der Waals surface area contributed by atoms with Crippen LogP contribution in [0.2, 0.25) is 10.0 Å². The maximum absolute atomic E-state index is 13.0. The van der Waals surface area contributed by atoms with E-state index in [4.69, 9.17) is 23.2 Å². The molecule has 0 spiro atoms. The number of carbonyl (C=O) groups is 2. The van der Waals surface area contributed by atoms with Gasteiger partial charge in [0.05, 0.1) is 16.6 Å². The highest BCUT2D eigenvalue weighted by Gasteiger charge is 2.20. The van der Waals surface area contributed by atoms with Crippen LogP contribution in [-0.2, 0) is 11.3 Å². The van der Waals surface area contributed by atoms with E-state index in [1.165, 1.54) is 10.9 Å². The van der Waals surface area contributed by atoms with Crippen molar-refractivity contribution < 1.29 is 9.59 Å². The van der Waals surface area contributed by atoms with Gasteiger partial charge in [-0.3, -0.25) is 19.0 Å². The molecule has 0 radical (unpaired) electrons. The van der Waals surface area contributed by atoms with Gasteiger partial charge in [-0.1, -0.05) is 41.4 Å². The largest absolute Gasteiger partial charge is 0.324 e. The van der Waals surface area contributed by atoms with Crippen LogP contribution in [0.4, 0.5) is 11.4 Å². The number of nitrogens with zero attached hydrogens (tertiary/aromatic N) is 2. The van der Waals surface area contributed by atoms with Crippen molar-refractivity contribution in [2.45, 2.75) is 13.5 Å². The first kappa shape index (κ1) is 22.0. The number of hydrogen-bond donors (Lipinski definition) is 2. The summed E-state index contributed by atoms with van der Waals surface area (Å²) in [5.74, 6) is -0.764. The number of aromatic nitrogens is 2. The highest BCUT2D eigenvalue weighted by Crippen LogP contribution is 2.28. The maximum atomic E-state index is 13.0. The molecular weight excluding hydrogens is 471 g/mol. The second-order valence-corrected chi connectivity index (χ2v) is 8.81. The van der Waals surface area contributed by atoms with Gasteiger partial charge < -0.3 is 10.6 Å². The van der Waals surface area contributed by atoms with Gasteiger partial charge in [-0.2, -0.15) is 0 Å². The fourth-order valence-electron chi connectivity index (χ4n) is 3.18. The van der Waals surface area contributed by atoms with Crippen LogP contribution in [-0.4, -0.2) is 21.4 Å². The Morgan fingerprint density at radius 1 is 1.03 bits per heavy atom. The number of carbonyl (C=O) groups excluding carboxylic acids is 2. The predicted molar refractivity (Wildman–Crippen MR) is 128 cm³/mol. The van der Waals surface area contributed by atoms with Crippen molar-refractivity contribution in [2.75, 3.05) is 10.6 Å². The van der Waals surface area contributed by atoms with Crippen LogP contribution in [0.5, 0.6) is 0 Å². The van der Waals surface area contributed by atoms with Crippen molar-refractivity contribution in [3.63, 3.8) is 0 Å². The Morgan fingerprint density at radius 2 is 1.72 bits per heavy atom. The van der Waals surface area contributed by atoms with Gasteiger partial charge in [-0.05, 0) is 42.8 Å². The lowest BCUT2D eigenvalue weighted by Gasteiger charge is -2.08. The molecule has 0 fully saturated rings. The monoisotopic (exact) mass is 486 g/mol. The number of fused-ring (bicyclic) bond motifs is 1. The highest BCUT2D eigenvalue weighted by molar-refractivity contribution is 7.20. The Labute approximate surface area is 196 Å². The first-order valence-electron chi connectivity index (χ1n) is 9.42. The molecule has 2 aromatic heterocycles. The summed E-state index contributed by atoms with van der Waals surface area (Å²) in [6, 6.07) is 13.7. The second kappa shape index (κ2) is 9.12. The Bertz CT molecular complexity index is 1380. The van der Waals surface area contributed by atoms with E-state index in [1.54, 1.807) is 37.3 Å². The molecule has 0 atom stereocenters. The van der Waals surface area contributed by atoms with E-state index in [2.05, 4.69) is 15.6 Å². The lowest BCUT2D eigenvalue weighted by atomic mass is 10.2. The van der Waals surface area contributed by atoms with Crippen LogP contribution in [0.3, 0.4) is 0 Å². The van der Waals surface area contributed by atoms with Gasteiger partial charge >= 0.3 is 0 Å². The molecule has 7 nitrogen and oxygen atoms in total. The molecule has 0 saturated heterocycles. The number of rotatable bonds is 5. The Hall–Kier alpha value is -3.20. The standard InChI is InChI=1S/C22H16Cl2N4O3S/c1-12-18-21(32-19(12)20(30)27-15-5-3-2-4-6-15)25-11-28(22(18)31)10-17(29)26-16-8-13(23)7-14(24)9-16/h2-9,11H,10H2,1H3,(H,26,29)(H,27,30). The average molecular weight is 487 g/mol. The molecule has 4 rings (SSSR count). The molecule has 2 N–H and O–H groups in total. The van der Waals surface area contributed by atoms with E-state index in [0.717, 1.165) is 11.3 Å². The molecule has 0 unspecified atom stereocenters. The van der Waals surface area contributed by atoms with Crippen LogP contribution in [0.25, 0.3) is 10.2 Å². The number of anilines is 2. The number of halogens is 2. The number of amides is 2. The zero-order valence-corrected chi connectivity index (χ0v) is 19.0. The van der Waals surface area contributed by atoms with Crippen LogP contribution >= 0.6 is 34.5 Å². The van der Waals surface area contributed by atoms with Gasteiger partial charge in [0.1, 0.15) is 11.4 Å². The van der Waals surface area contributed by atoms with E-state index in [1.807, 2.05) is 18.2 Å². The Morgan fingerprint density at radius 3 is 2.41 bits per heavy atom. The minimum Gasteiger partial charge on any atom is -0.324 e. The molecule has 0 aliphatic carbocycles. The number of benzene rings is 2. The molecule has 10 heteroatoms. The van der Waals surface area contributed by atoms with Gasteiger partial charge in [0.2, 0.25) is 5.91 Å². The number of nitrogens with one attached hydrogen (secondary N) is 2. The first-order chi connectivity index (χ1) is 15.3. The summed E-state index contributed by atoms with van der Waals surface area (Å²) in [7, 11) is 0. The van der Waals surface area contributed by atoms with Crippen molar-refractivity contribution in [2.24, 2.45) is 0 Å². The number of thiophene rings is 1. The summed E-state index contributed by atoms with van der Waals surface area (Å²) in [5.41, 5.74) is 1.19.